The Labute approximate surface area is 83.3 Å². The molecular formula is C10H14ClNO. The summed E-state index contributed by atoms with van der Waals surface area (Å²) in [7, 11) is 0. The second kappa shape index (κ2) is 5.22. The van der Waals surface area contributed by atoms with E-state index in [-0.39, 0.29) is 12.5 Å². The summed E-state index contributed by atoms with van der Waals surface area (Å²) in [6, 6.07) is 7.64. The minimum Gasteiger partial charge on any atom is -0.396 e. The van der Waals surface area contributed by atoms with E-state index < -0.39 is 0 Å². The van der Waals surface area contributed by atoms with E-state index in [1.54, 1.807) is 0 Å². The van der Waals surface area contributed by atoms with E-state index in [0.29, 0.717) is 6.54 Å². The first-order valence-electron chi connectivity index (χ1n) is 4.32. The van der Waals surface area contributed by atoms with Crippen LogP contribution in [-0.2, 0) is 6.42 Å². The van der Waals surface area contributed by atoms with Crippen LogP contribution in [0.5, 0.6) is 0 Å². The number of halogens is 1. The third-order valence-electron chi connectivity index (χ3n) is 2.06. The van der Waals surface area contributed by atoms with Crippen LogP contribution >= 0.6 is 11.6 Å². The predicted octanol–water partition coefficient (Wildman–Crippen LogP) is 1.45. The molecule has 13 heavy (non-hydrogen) atoms. The SMILES string of the molecule is NC[C@@H](CO)Cc1ccccc1Cl. The Morgan fingerprint density at radius 1 is 1.38 bits per heavy atom. The van der Waals surface area contributed by atoms with E-state index in [1.165, 1.54) is 0 Å². The van der Waals surface area contributed by atoms with Gasteiger partial charge in [-0.1, -0.05) is 29.8 Å². The number of benzene rings is 1. The number of aliphatic hydroxyl groups excluding tert-OH is 1. The van der Waals surface area contributed by atoms with Crippen LogP contribution in [0.25, 0.3) is 0 Å². The lowest BCUT2D eigenvalue weighted by Crippen LogP contribution is -2.20. The van der Waals surface area contributed by atoms with Gasteiger partial charge in [0.25, 0.3) is 0 Å². The molecule has 0 unspecified atom stereocenters. The summed E-state index contributed by atoms with van der Waals surface area (Å²) >= 11 is 5.96. The third kappa shape index (κ3) is 2.99. The van der Waals surface area contributed by atoms with Crippen LogP contribution in [0.1, 0.15) is 5.56 Å². The quantitative estimate of drug-likeness (QED) is 0.771. The summed E-state index contributed by atoms with van der Waals surface area (Å²) in [5.41, 5.74) is 6.53. The highest BCUT2D eigenvalue weighted by Gasteiger charge is 2.07. The number of hydrogen-bond donors (Lipinski definition) is 2. The number of nitrogens with two attached hydrogens (primary N) is 1. The molecule has 0 fully saturated rings. The van der Waals surface area contributed by atoms with Crippen LogP contribution < -0.4 is 5.73 Å². The van der Waals surface area contributed by atoms with Gasteiger partial charge in [0, 0.05) is 11.6 Å². The van der Waals surface area contributed by atoms with Gasteiger partial charge in [-0.05, 0) is 30.5 Å². The molecule has 0 amide bonds. The van der Waals surface area contributed by atoms with Crippen molar-refractivity contribution in [2.24, 2.45) is 11.7 Å². The van der Waals surface area contributed by atoms with E-state index in [2.05, 4.69) is 0 Å². The Morgan fingerprint density at radius 3 is 2.62 bits per heavy atom. The molecule has 1 rings (SSSR count). The highest BCUT2D eigenvalue weighted by molar-refractivity contribution is 6.31. The van der Waals surface area contributed by atoms with Gasteiger partial charge in [0.15, 0.2) is 0 Å². The molecule has 1 aromatic carbocycles. The molecule has 3 N–H and O–H groups in total. The Balaban J connectivity index is 2.67. The second-order valence-corrected chi connectivity index (χ2v) is 3.49. The van der Waals surface area contributed by atoms with Crippen molar-refractivity contribution >= 4 is 11.6 Å². The normalized spacial score (nSPS) is 12.8. The van der Waals surface area contributed by atoms with Crippen LogP contribution in [-0.4, -0.2) is 18.3 Å². The molecule has 0 saturated heterocycles. The van der Waals surface area contributed by atoms with Crippen molar-refractivity contribution in [3.63, 3.8) is 0 Å². The maximum Gasteiger partial charge on any atom is 0.0474 e. The summed E-state index contributed by atoms with van der Waals surface area (Å²) < 4.78 is 0. The Morgan fingerprint density at radius 2 is 2.08 bits per heavy atom. The van der Waals surface area contributed by atoms with E-state index in [9.17, 15) is 0 Å². The van der Waals surface area contributed by atoms with Crippen molar-refractivity contribution in [1.29, 1.82) is 0 Å². The van der Waals surface area contributed by atoms with Gasteiger partial charge >= 0.3 is 0 Å². The molecule has 72 valence electrons. The fourth-order valence-electron chi connectivity index (χ4n) is 1.20. The maximum absolute atomic E-state index is 8.96. The smallest absolute Gasteiger partial charge is 0.0474 e. The lowest BCUT2D eigenvalue weighted by atomic mass is 10.0. The van der Waals surface area contributed by atoms with Gasteiger partial charge in [-0.3, -0.25) is 0 Å². The molecule has 0 radical (unpaired) electrons. The molecule has 0 bridgehead atoms. The zero-order chi connectivity index (χ0) is 9.68. The summed E-state index contributed by atoms with van der Waals surface area (Å²) in [4.78, 5) is 0. The molecule has 0 aromatic heterocycles. The average Bonchev–Trinajstić information content (AvgIpc) is 2.17. The molecule has 0 aliphatic rings. The standard InChI is InChI=1S/C10H14ClNO/c11-10-4-2-1-3-9(10)5-8(6-12)7-13/h1-4,8,13H,5-7,12H2/t8-/m0/s1. The highest BCUT2D eigenvalue weighted by atomic mass is 35.5. The third-order valence-corrected chi connectivity index (χ3v) is 2.43. The monoisotopic (exact) mass is 199 g/mol. The molecule has 1 aromatic rings. The van der Waals surface area contributed by atoms with Crippen LogP contribution in [0.2, 0.25) is 5.02 Å². The van der Waals surface area contributed by atoms with Gasteiger partial charge < -0.3 is 10.8 Å². The lowest BCUT2D eigenvalue weighted by molar-refractivity contribution is 0.230. The first-order valence-corrected chi connectivity index (χ1v) is 4.70. The number of rotatable bonds is 4. The Bertz CT molecular complexity index is 261. The molecule has 0 saturated carbocycles. The van der Waals surface area contributed by atoms with Crippen molar-refractivity contribution in [3.8, 4) is 0 Å². The highest BCUT2D eigenvalue weighted by Crippen LogP contribution is 2.18. The van der Waals surface area contributed by atoms with Crippen molar-refractivity contribution in [3.05, 3.63) is 34.9 Å². The molecule has 3 heteroatoms. The van der Waals surface area contributed by atoms with Crippen LogP contribution in [0.15, 0.2) is 24.3 Å². The summed E-state index contributed by atoms with van der Waals surface area (Å²) in [6.45, 7) is 0.601. The minimum absolute atomic E-state index is 0.111. The molecule has 0 spiro atoms. The second-order valence-electron chi connectivity index (χ2n) is 3.08. The molecule has 2 nitrogen and oxygen atoms in total. The summed E-state index contributed by atoms with van der Waals surface area (Å²) in [5.74, 6) is 0.111. The largest absolute Gasteiger partial charge is 0.396 e. The van der Waals surface area contributed by atoms with Gasteiger partial charge in [0.05, 0.1) is 0 Å². The van der Waals surface area contributed by atoms with Crippen LogP contribution in [0.3, 0.4) is 0 Å². The molecular weight excluding hydrogens is 186 g/mol. The zero-order valence-corrected chi connectivity index (χ0v) is 8.17. The fraction of sp³-hybridized carbons (Fsp3) is 0.400. The first-order chi connectivity index (χ1) is 6.27. The lowest BCUT2D eigenvalue weighted by Gasteiger charge is -2.11. The van der Waals surface area contributed by atoms with E-state index in [4.69, 9.17) is 22.4 Å². The van der Waals surface area contributed by atoms with Gasteiger partial charge in [-0.25, -0.2) is 0 Å². The van der Waals surface area contributed by atoms with E-state index in [0.717, 1.165) is 17.0 Å². The van der Waals surface area contributed by atoms with Crippen molar-refractivity contribution < 1.29 is 5.11 Å². The summed E-state index contributed by atoms with van der Waals surface area (Å²) in [6.07, 6.45) is 0.743. The predicted molar refractivity (Wildman–Crippen MR) is 54.8 cm³/mol. The van der Waals surface area contributed by atoms with Crippen LogP contribution in [0.4, 0.5) is 0 Å². The maximum atomic E-state index is 8.96. The molecule has 1 atom stereocenters. The molecule has 0 aliphatic heterocycles. The van der Waals surface area contributed by atoms with Gasteiger partial charge in [0.2, 0.25) is 0 Å². The van der Waals surface area contributed by atoms with Crippen LogP contribution in [0, 0.1) is 5.92 Å². The van der Waals surface area contributed by atoms with E-state index >= 15 is 0 Å². The van der Waals surface area contributed by atoms with E-state index in [1.807, 2.05) is 24.3 Å². The number of aliphatic hydroxyl groups is 1. The van der Waals surface area contributed by atoms with Crippen molar-refractivity contribution in [1.82, 2.24) is 0 Å². The number of hydrogen-bond acceptors (Lipinski definition) is 2. The van der Waals surface area contributed by atoms with Gasteiger partial charge in [0.1, 0.15) is 0 Å². The van der Waals surface area contributed by atoms with Crippen molar-refractivity contribution in [2.45, 2.75) is 6.42 Å². The average molecular weight is 200 g/mol. The fourth-order valence-corrected chi connectivity index (χ4v) is 1.41. The zero-order valence-electron chi connectivity index (χ0n) is 7.41. The summed E-state index contributed by atoms with van der Waals surface area (Å²) in [5, 5.41) is 9.70. The molecule has 0 aliphatic carbocycles. The topological polar surface area (TPSA) is 46.2 Å². The minimum atomic E-state index is 0.111. The van der Waals surface area contributed by atoms with Gasteiger partial charge in [-0.2, -0.15) is 0 Å². The Kier molecular flexibility index (Phi) is 4.22. The molecule has 0 heterocycles. The van der Waals surface area contributed by atoms with Crippen molar-refractivity contribution in [2.75, 3.05) is 13.2 Å². The first kappa shape index (κ1) is 10.5. The van der Waals surface area contributed by atoms with Gasteiger partial charge in [-0.15, -0.1) is 0 Å². The Hall–Kier alpha value is -0.570.